The molecule has 4 nitrogen and oxygen atoms in total. The molecule has 0 saturated heterocycles. The number of hydrogen-bond acceptors (Lipinski definition) is 2. The summed E-state index contributed by atoms with van der Waals surface area (Å²) in [6, 6.07) is 9.33. The van der Waals surface area contributed by atoms with Gasteiger partial charge in [0.2, 0.25) is 5.91 Å². The van der Waals surface area contributed by atoms with Crippen molar-refractivity contribution in [3.63, 3.8) is 0 Å². The van der Waals surface area contributed by atoms with Gasteiger partial charge in [-0.1, -0.05) is 43.9 Å². The number of benzene rings is 1. The van der Waals surface area contributed by atoms with Gasteiger partial charge >= 0.3 is 0 Å². The van der Waals surface area contributed by atoms with Gasteiger partial charge in [0, 0.05) is 18.7 Å². The fourth-order valence-electron chi connectivity index (χ4n) is 2.79. The number of carbonyl (C=O) groups excluding carboxylic acids is 2. The number of hydrogen-bond donors (Lipinski definition) is 1. The maximum Gasteiger partial charge on any atom is 0.254 e. The molecule has 4 heteroatoms. The Morgan fingerprint density at radius 1 is 1.10 bits per heavy atom. The summed E-state index contributed by atoms with van der Waals surface area (Å²) in [6.45, 7) is 0.115. The topological polar surface area (TPSA) is 49.4 Å². The standard InChI is InChI=1S/C17H24N2O2/c1-19(17(21)14-9-5-4-6-10-14)13-16(20)18-15-11-7-2-3-8-12-15/h4-6,9-10,15H,2-3,7-8,11-13H2,1H3,(H,18,20). The molecule has 21 heavy (non-hydrogen) atoms. The van der Waals surface area contributed by atoms with Crippen LogP contribution in [0.4, 0.5) is 0 Å². The fourth-order valence-corrected chi connectivity index (χ4v) is 2.79. The van der Waals surface area contributed by atoms with Gasteiger partial charge in [0.1, 0.15) is 0 Å². The van der Waals surface area contributed by atoms with Crippen molar-refractivity contribution >= 4 is 11.8 Å². The lowest BCUT2D eigenvalue weighted by Gasteiger charge is -2.20. The second-order valence-corrected chi connectivity index (χ2v) is 5.78. The zero-order chi connectivity index (χ0) is 15.1. The van der Waals surface area contributed by atoms with Crippen LogP contribution in [0.2, 0.25) is 0 Å². The van der Waals surface area contributed by atoms with Gasteiger partial charge in [0.15, 0.2) is 0 Å². The molecule has 114 valence electrons. The molecule has 0 heterocycles. The number of amides is 2. The van der Waals surface area contributed by atoms with E-state index in [4.69, 9.17) is 0 Å². The van der Waals surface area contributed by atoms with Crippen LogP contribution in [0.5, 0.6) is 0 Å². The number of carbonyl (C=O) groups is 2. The molecule has 1 aromatic carbocycles. The minimum atomic E-state index is -0.119. The Hall–Kier alpha value is -1.84. The van der Waals surface area contributed by atoms with E-state index in [0.717, 1.165) is 12.8 Å². The van der Waals surface area contributed by atoms with Crippen LogP contribution < -0.4 is 5.32 Å². The molecule has 1 saturated carbocycles. The molecule has 1 aliphatic carbocycles. The summed E-state index contributed by atoms with van der Waals surface area (Å²) in [5, 5.41) is 3.06. The largest absolute Gasteiger partial charge is 0.352 e. The molecule has 0 aliphatic heterocycles. The third-order valence-corrected chi connectivity index (χ3v) is 3.97. The Kier molecular flexibility index (Phi) is 5.78. The van der Waals surface area contributed by atoms with Crippen LogP contribution in [0.15, 0.2) is 30.3 Å². The van der Waals surface area contributed by atoms with Crippen LogP contribution >= 0.6 is 0 Å². The first-order chi connectivity index (χ1) is 10.2. The van der Waals surface area contributed by atoms with Crippen LogP contribution in [0.25, 0.3) is 0 Å². The van der Waals surface area contributed by atoms with Crippen LogP contribution in [-0.4, -0.2) is 36.3 Å². The molecule has 0 spiro atoms. The van der Waals surface area contributed by atoms with Gasteiger partial charge in [0.25, 0.3) is 5.91 Å². The molecule has 1 aromatic rings. The quantitative estimate of drug-likeness (QED) is 0.866. The highest BCUT2D eigenvalue weighted by Gasteiger charge is 2.18. The maximum atomic E-state index is 12.2. The summed E-state index contributed by atoms with van der Waals surface area (Å²) in [5.74, 6) is -0.180. The first-order valence-electron chi connectivity index (χ1n) is 7.76. The molecule has 0 unspecified atom stereocenters. The van der Waals surface area contributed by atoms with Crippen LogP contribution in [0, 0.1) is 0 Å². The Labute approximate surface area is 126 Å². The zero-order valence-corrected chi connectivity index (χ0v) is 12.7. The monoisotopic (exact) mass is 288 g/mol. The summed E-state index contributed by atoms with van der Waals surface area (Å²) in [5.41, 5.74) is 0.613. The van der Waals surface area contributed by atoms with E-state index in [1.807, 2.05) is 18.2 Å². The predicted octanol–water partition coefficient (Wildman–Crippen LogP) is 2.60. The molecular weight excluding hydrogens is 264 g/mol. The normalized spacial score (nSPS) is 16.0. The molecule has 0 radical (unpaired) electrons. The smallest absolute Gasteiger partial charge is 0.254 e. The minimum absolute atomic E-state index is 0.0614. The molecule has 1 fully saturated rings. The molecule has 0 atom stereocenters. The van der Waals surface area contributed by atoms with Crippen molar-refractivity contribution < 1.29 is 9.59 Å². The lowest BCUT2D eigenvalue weighted by molar-refractivity contribution is -0.122. The molecule has 2 rings (SSSR count). The number of likely N-dealkylation sites (N-methyl/N-ethyl adjacent to an activating group) is 1. The van der Waals surface area contributed by atoms with Gasteiger partial charge in [0.05, 0.1) is 6.54 Å². The highest BCUT2D eigenvalue weighted by atomic mass is 16.2. The van der Waals surface area contributed by atoms with E-state index in [2.05, 4.69) is 5.32 Å². The lowest BCUT2D eigenvalue weighted by atomic mass is 10.1. The molecule has 1 N–H and O–H groups in total. The Bertz CT molecular complexity index is 465. The van der Waals surface area contributed by atoms with Crippen molar-refractivity contribution in [2.45, 2.75) is 44.6 Å². The average Bonchev–Trinajstić information content (AvgIpc) is 2.75. The van der Waals surface area contributed by atoms with E-state index in [1.165, 1.54) is 30.6 Å². The van der Waals surface area contributed by atoms with Crippen molar-refractivity contribution in [1.82, 2.24) is 10.2 Å². The van der Waals surface area contributed by atoms with E-state index >= 15 is 0 Å². The molecule has 0 aromatic heterocycles. The number of nitrogens with one attached hydrogen (secondary N) is 1. The fraction of sp³-hybridized carbons (Fsp3) is 0.529. The van der Waals surface area contributed by atoms with Gasteiger partial charge < -0.3 is 10.2 Å². The van der Waals surface area contributed by atoms with Crippen molar-refractivity contribution in [3.8, 4) is 0 Å². The van der Waals surface area contributed by atoms with E-state index in [0.29, 0.717) is 5.56 Å². The second kappa shape index (κ2) is 7.81. The first kappa shape index (κ1) is 15.5. The van der Waals surface area contributed by atoms with E-state index < -0.39 is 0 Å². The van der Waals surface area contributed by atoms with Crippen LogP contribution in [-0.2, 0) is 4.79 Å². The summed E-state index contributed by atoms with van der Waals surface area (Å²) in [6.07, 6.45) is 7.01. The highest BCUT2D eigenvalue weighted by Crippen LogP contribution is 2.17. The van der Waals surface area contributed by atoms with Gasteiger partial charge in [-0.25, -0.2) is 0 Å². The van der Waals surface area contributed by atoms with Crippen molar-refractivity contribution in [2.24, 2.45) is 0 Å². The van der Waals surface area contributed by atoms with Crippen molar-refractivity contribution in [3.05, 3.63) is 35.9 Å². The van der Waals surface area contributed by atoms with Gasteiger partial charge in [-0.2, -0.15) is 0 Å². The van der Waals surface area contributed by atoms with Crippen molar-refractivity contribution in [2.75, 3.05) is 13.6 Å². The minimum Gasteiger partial charge on any atom is -0.352 e. The Balaban J connectivity index is 1.82. The predicted molar refractivity (Wildman–Crippen MR) is 83.0 cm³/mol. The van der Waals surface area contributed by atoms with Gasteiger partial charge in [-0.15, -0.1) is 0 Å². The maximum absolute atomic E-state index is 12.2. The third-order valence-electron chi connectivity index (χ3n) is 3.97. The Morgan fingerprint density at radius 2 is 1.71 bits per heavy atom. The summed E-state index contributed by atoms with van der Waals surface area (Å²) in [4.78, 5) is 25.7. The lowest BCUT2D eigenvalue weighted by Crippen LogP contribution is -2.42. The van der Waals surface area contributed by atoms with Crippen LogP contribution in [0.1, 0.15) is 48.9 Å². The number of nitrogens with zero attached hydrogens (tertiary/aromatic N) is 1. The molecule has 0 bridgehead atoms. The molecule has 2 amide bonds. The SMILES string of the molecule is CN(CC(=O)NC1CCCCCC1)C(=O)c1ccccc1. The van der Waals surface area contributed by atoms with E-state index in [9.17, 15) is 9.59 Å². The third kappa shape index (κ3) is 4.88. The zero-order valence-electron chi connectivity index (χ0n) is 12.7. The van der Waals surface area contributed by atoms with Crippen LogP contribution in [0.3, 0.4) is 0 Å². The number of rotatable bonds is 4. The summed E-state index contributed by atoms with van der Waals surface area (Å²) < 4.78 is 0. The molecule has 1 aliphatic rings. The van der Waals surface area contributed by atoms with Crippen molar-refractivity contribution in [1.29, 1.82) is 0 Å². The average molecular weight is 288 g/mol. The summed E-state index contributed by atoms with van der Waals surface area (Å²) in [7, 11) is 1.67. The van der Waals surface area contributed by atoms with Gasteiger partial charge in [-0.05, 0) is 25.0 Å². The Morgan fingerprint density at radius 3 is 2.33 bits per heavy atom. The van der Waals surface area contributed by atoms with E-state index in [1.54, 1.807) is 19.2 Å². The second-order valence-electron chi connectivity index (χ2n) is 5.78. The van der Waals surface area contributed by atoms with E-state index in [-0.39, 0.29) is 24.4 Å². The summed E-state index contributed by atoms with van der Waals surface area (Å²) >= 11 is 0. The van der Waals surface area contributed by atoms with Gasteiger partial charge in [-0.3, -0.25) is 9.59 Å². The first-order valence-corrected chi connectivity index (χ1v) is 7.76. The molecular formula is C17H24N2O2. The highest BCUT2D eigenvalue weighted by molar-refractivity contribution is 5.96.